The fraction of sp³-hybridized carbons (Fsp3) is 0.444. The third kappa shape index (κ3) is 2.23. The van der Waals surface area contributed by atoms with E-state index in [1.807, 2.05) is 0 Å². The van der Waals surface area contributed by atoms with Crippen LogP contribution in [0.25, 0.3) is 0 Å². The molecule has 1 fully saturated rings. The molecule has 0 aliphatic carbocycles. The van der Waals surface area contributed by atoms with Crippen molar-refractivity contribution < 1.29 is 9.13 Å². The first-order chi connectivity index (χ1) is 6.34. The first kappa shape index (κ1) is 8.59. The van der Waals surface area contributed by atoms with Crippen LogP contribution in [0.15, 0.2) is 18.5 Å². The van der Waals surface area contributed by atoms with Crippen LogP contribution in [0.5, 0.6) is 0 Å². The van der Waals surface area contributed by atoms with Gasteiger partial charge in [0.1, 0.15) is 5.82 Å². The summed E-state index contributed by atoms with van der Waals surface area (Å²) in [6, 6.07) is 1.44. The molecule has 0 amide bonds. The van der Waals surface area contributed by atoms with Crippen LogP contribution < -0.4 is 5.32 Å². The van der Waals surface area contributed by atoms with Gasteiger partial charge in [-0.25, -0.2) is 4.39 Å². The summed E-state index contributed by atoms with van der Waals surface area (Å²) in [5.74, 6) is -0.312. The molecule has 13 heavy (non-hydrogen) atoms. The number of halogens is 1. The molecular weight excluding hydrogens is 171 g/mol. The number of aromatic nitrogens is 1. The van der Waals surface area contributed by atoms with Crippen molar-refractivity contribution in [3.8, 4) is 0 Å². The number of hydrogen-bond acceptors (Lipinski definition) is 3. The summed E-state index contributed by atoms with van der Waals surface area (Å²) in [7, 11) is 0. The van der Waals surface area contributed by atoms with Gasteiger partial charge in [-0.2, -0.15) is 0 Å². The molecule has 1 saturated heterocycles. The molecule has 2 rings (SSSR count). The minimum atomic E-state index is -0.312. The van der Waals surface area contributed by atoms with Crippen molar-refractivity contribution in [2.24, 2.45) is 0 Å². The average molecular weight is 182 g/mol. The van der Waals surface area contributed by atoms with Crippen molar-refractivity contribution in [2.75, 3.05) is 13.1 Å². The van der Waals surface area contributed by atoms with Crippen molar-refractivity contribution in [3.63, 3.8) is 0 Å². The molecule has 0 saturated carbocycles. The number of nitrogens with zero attached hydrogens (tertiary/aromatic N) is 1. The largest absolute Gasteiger partial charge is 0.371 e. The second-order valence-corrected chi connectivity index (χ2v) is 3.10. The summed E-state index contributed by atoms with van der Waals surface area (Å²) >= 11 is 0. The van der Waals surface area contributed by atoms with Gasteiger partial charge in [0.05, 0.1) is 18.9 Å². The summed E-state index contributed by atoms with van der Waals surface area (Å²) in [6.07, 6.45) is 3.09. The second kappa shape index (κ2) is 3.81. The maximum atomic E-state index is 12.7. The molecule has 1 N–H and O–H groups in total. The Morgan fingerprint density at radius 2 is 2.38 bits per heavy atom. The van der Waals surface area contributed by atoms with Crippen molar-refractivity contribution in [2.45, 2.75) is 12.7 Å². The van der Waals surface area contributed by atoms with Gasteiger partial charge in [-0.05, 0) is 11.6 Å². The Hall–Kier alpha value is -1.00. The van der Waals surface area contributed by atoms with E-state index in [9.17, 15) is 4.39 Å². The molecule has 1 aromatic rings. The minimum Gasteiger partial charge on any atom is -0.371 e. The number of ether oxygens (including phenoxy) is 1. The lowest BCUT2D eigenvalue weighted by molar-refractivity contribution is 0.00736. The van der Waals surface area contributed by atoms with E-state index in [-0.39, 0.29) is 11.9 Å². The summed E-state index contributed by atoms with van der Waals surface area (Å²) in [5.41, 5.74) is 0.784. The smallest absolute Gasteiger partial charge is 0.141 e. The molecule has 1 aromatic heterocycles. The third-order valence-corrected chi connectivity index (χ3v) is 1.99. The van der Waals surface area contributed by atoms with Gasteiger partial charge in [0, 0.05) is 19.3 Å². The molecule has 3 nitrogen and oxygen atoms in total. The predicted molar refractivity (Wildman–Crippen MR) is 45.6 cm³/mol. The topological polar surface area (TPSA) is 34.1 Å². The van der Waals surface area contributed by atoms with Gasteiger partial charge in [-0.1, -0.05) is 0 Å². The normalized spacial score (nSPS) is 17.0. The van der Waals surface area contributed by atoms with Gasteiger partial charge in [-0.3, -0.25) is 4.98 Å². The molecule has 4 heteroatoms. The Bertz CT molecular complexity index is 289. The minimum absolute atomic E-state index is 0.281. The predicted octanol–water partition coefficient (Wildman–Crippen LogP) is 0.709. The molecule has 0 radical (unpaired) electrons. The lowest BCUT2D eigenvalue weighted by atomic mass is 10.2. The lowest BCUT2D eigenvalue weighted by Gasteiger charge is -2.26. The van der Waals surface area contributed by atoms with Crippen molar-refractivity contribution in [1.82, 2.24) is 10.3 Å². The van der Waals surface area contributed by atoms with Crippen LogP contribution in [0.1, 0.15) is 5.56 Å². The van der Waals surface area contributed by atoms with Crippen LogP contribution in [0.4, 0.5) is 4.39 Å². The molecule has 70 valence electrons. The SMILES string of the molecule is Fc1cncc(COC2CNC2)c1. The molecule has 1 aliphatic heterocycles. The number of pyridine rings is 1. The lowest BCUT2D eigenvalue weighted by Crippen LogP contribution is -2.48. The fourth-order valence-corrected chi connectivity index (χ4v) is 1.13. The summed E-state index contributed by atoms with van der Waals surface area (Å²) in [5, 5.41) is 3.09. The zero-order valence-corrected chi connectivity index (χ0v) is 7.16. The quantitative estimate of drug-likeness (QED) is 0.747. The van der Waals surface area contributed by atoms with Crippen LogP contribution in [-0.4, -0.2) is 24.2 Å². The highest BCUT2D eigenvalue weighted by atomic mass is 19.1. The number of hydrogen-bond donors (Lipinski definition) is 1. The van der Waals surface area contributed by atoms with Crippen LogP contribution in [0.3, 0.4) is 0 Å². The van der Waals surface area contributed by atoms with Crippen LogP contribution in [0, 0.1) is 5.82 Å². The van der Waals surface area contributed by atoms with E-state index in [1.165, 1.54) is 12.3 Å². The van der Waals surface area contributed by atoms with Crippen LogP contribution in [-0.2, 0) is 11.3 Å². The molecule has 0 bridgehead atoms. The summed E-state index contributed by atoms with van der Waals surface area (Å²) in [4.78, 5) is 3.74. The molecule has 0 unspecified atom stereocenters. The molecule has 1 aliphatic rings. The number of rotatable bonds is 3. The maximum absolute atomic E-state index is 12.7. The van der Waals surface area contributed by atoms with E-state index in [0.717, 1.165) is 18.7 Å². The average Bonchev–Trinajstić information content (AvgIpc) is 2.01. The highest BCUT2D eigenvalue weighted by Crippen LogP contribution is 2.06. The standard InChI is InChI=1S/C9H11FN2O/c10-8-1-7(2-11-3-8)6-13-9-4-12-5-9/h1-3,9,12H,4-6H2. The first-order valence-electron chi connectivity index (χ1n) is 4.26. The van der Waals surface area contributed by atoms with Gasteiger partial charge in [0.15, 0.2) is 0 Å². The zero-order chi connectivity index (χ0) is 9.10. The van der Waals surface area contributed by atoms with Crippen LogP contribution >= 0.6 is 0 Å². The number of nitrogens with one attached hydrogen (secondary N) is 1. The van der Waals surface area contributed by atoms with Gasteiger partial charge in [-0.15, -0.1) is 0 Å². The highest BCUT2D eigenvalue weighted by molar-refractivity contribution is 5.08. The Kier molecular flexibility index (Phi) is 2.52. The maximum Gasteiger partial charge on any atom is 0.141 e. The van der Waals surface area contributed by atoms with Gasteiger partial charge < -0.3 is 10.1 Å². The Morgan fingerprint density at radius 1 is 1.54 bits per heavy atom. The summed E-state index contributed by atoms with van der Waals surface area (Å²) < 4.78 is 18.1. The van der Waals surface area contributed by atoms with E-state index in [4.69, 9.17) is 4.74 Å². The fourth-order valence-electron chi connectivity index (χ4n) is 1.13. The van der Waals surface area contributed by atoms with Crippen molar-refractivity contribution in [3.05, 3.63) is 29.8 Å². The molecule has 2 heterocycles. The molecule has 0 aromatic carbocycles. The summed E-state index contributed by atoms with van der Waals surface area (Å²) in [6.45, 7) is 2.22. The molecule has 0 spiro atoms. The Labute approximate surface area is 75.9 Å². The molecular formula is C9H11FN2O. The zero-order valence-electron chi connectivity index (χ0n) is 7.16. The van der Waals surface area contributed by atoms with Crippen molar-refractivity contribution in [1.29, 1.82) is 0 Å². The molecule has 0 atom stereocenters. The van der Waals surface area contributed by atoms with Crippen LogP contribution in [0.2, 0.25) is 0 Å². The van der Waals surface area contributed by atoms with Gasteiger partial charge in [0.2, 0.25) is 0 Å². The second-order valence-electron chi connectivity index (χ2n) is 3.10. The van der Waals surface area contributed by atoms with E-state index >= 15 is 0 Å². The van der Waals surface area contributed by atoms with Gasteiger partial charge in [0.25, 0.3) is 0 Å². The van der Waals surface area contributed by atoms with E-state index in [2.05, 4.69) is 10.3 Å². The highest BCUT2D eigenvalue weighted by Gasteiger charge is 2.16. The van der Waals surface area contributed by atoms with E-state index in [1.54, 1.807) is 6.20 Å². The van der Waals surface area contributed by atoms with Gasteiger partial charge >= 0.3 is 0 Å². The first-order valence-corrected chi connectivity index (χ1v) is 4.26. The van der Waals surface area contributed by atoms with E-state index in [0.29, 0.717) is 6.61 Å². The van der Waals surface area contributed by atoms with Crippen molar-refractivity contribution >= 4 is 0 Å². The van der Waals surface area contributed by atoms with E-state index < -0.39 is 0 Å². The Balaban J connectivity index is 1.86. The third-order valence-electron chi connectivity index (χ3n) is 1.99. The Morgan fingerprint density at radius 3 is 3.00 bits per heavy atom. The monoisotopic (exact) mass is 182 g/mol.